The Labute approximate surface area is 187 Å². The third kappa shape index (κ3) is 4.66. The maximum atomic E-state index is 14.8. The summed E-state index contributed by atoms with van der Waals surface area (Å²) < 4.78 is 79.3. The van der Waals surface area contributed by atoms with Crippen LogP contribution < -0.4 is 0 Å². The van der Waals surface area contributed by atoms with Crippen molar-refractivity contribution in [3.63, 3.8) is 0 Å². The highest BCUT2D eigenvalue weighted by atomic mass is 35.5. The van der Waals surface area contributed by atoms with Gasteiger partial charge in [-0.25, -0.2) is 25.6 Å². The first-order valence-corrected chi connectivity index (χ1v) is 13.6. The second kappa shape index (κ2) is 8.79. The summed E-state index contributed by atoms with van der Waals surface area (Å²) in [6.45, 7) is 3.21. The minimum Gasteiger partial charge on any atom is -0.229 e. The maximum Gasteiger partial charge on any atom is 0.188 e. The largest absolute Gasteiger partial charge is 0.229 e. The van der Waals surface area contributed by atoms with Gasteiger partial charge in [-0.2, -0.15) is 0 Å². The fourth-order valence-corrected chi connectivity index (χ4v) is 7.87. The number of hydrogen-bond donors (Lipinski definition) is 0. The van der Waals surface area contributed by atoms with E-state index < -0.39 is 41.3 Å². The average Bonchev–Trinajstić information content (AvgIpc) is 2.70. The van der Waals surface area contributed by atoms with Crippen LogP contribution in [0, 0.1) is 17.6 Å². The minimum atomic E-state index is -4.13. The van der Waals surface area contributed by atoms with Crippen molar-refractivity contribution in [2.24, 2.45) is 5.92 Å². The first-order chi connectivity index (χ1) is 14.4. The first-order valence-electron chi connectivity index (χ1n) is 10.1. The summed E-state index contributed by atoms with van der Waals surface area (Å²) in [5, 5.41) is -0.176. The molecule has 9 heteroatoms. The van der Waals surface area contributed by atoms with Gasteiger partial charge in [0.15, 0.2) is 19.7 Å². The molecular weight excluding hydrogens is 466 g/mol. The Balaban J connectivity index is 2.06. The molecule has 0 unspecified atom stereocenters. The topological polar surface area (TPSA) is 68.3 Å². The van der Waals surface area contributed by atoms with Gasteiger partial charge < -0.3 is 0 Å². The molecule has 31 heavy (non-hydrogen) atoms. The molecule has 1 fully saturated rings. The van der Waals surface area contributed by atoms with E-state index in [4.69, 9.17) is 11.6 Å². The van der Waals surface area contributed by atoms with E-state index in [1.54, 1.807) is 13.8 Å². The molecule has 4 nitrogen and oxygen atoms in total. The van der Waals surface area contributed by atoms with Gasteiger partial charge >= 0.3 is 0 Å². The number of rotatable bonds is 6. The summed E-state index contributed by atoms with van der Waals surface area (Å²) in [5.74, 6) is -1.82. The van der Waals surface area contributed by atoms with Crippen molar-refractivity contribution >= 4 is 31.3 Å². The molecule has 0 spiro atoms. The summed E-state index contributed by atoms with van der Waals surface area (Å²) in [6.07, 6.45) is 0.538. The van der Waals surface area contributed by atoms with E-state index in [1.807, 2.05) is 0 Å². The lowest BCUT2D eigenvalue weighted by Gasteiger charge is -2.40. The smallest absolute Gasteiger partial charge is 0.188 e. The molecule has 0 radical (unpaired) electrons. The third-order valence-electron chi connectivity index (χ3n) is 6.16. The molecule has 3 rings (SSSR count). The summed E-state index contributed by atoms with van der Waals surface area (Å²) in [5.41, 5.74) is -0.215. The molecule has 1 saturated carbocycles. The summed E-state index contributed by atoms with van der Waals surface area (Å²) in [7, 11) is -7.44. The lowest BCUT2D eigenvalue weighted by molar-refractivity contribution is 0.303. The van der Waals surface area contributed by atoms with Crippen molar-refractivity contribution in [3.8, 4) is 0 Å². The number of halogens is 3. The fraction of sp³-hybridized carbons (Fsp3) is 0.455. The summed E-state index contributed by atoms with van der Waals surface area (Å²) >= 11 is 5.89. The Bertz CT molecular complexity index is 1150. The van der Waals surface area contributed by atoms with Gasteiger partial charge in [0.05, 0.1) is 15.9 Å². The Morgan fingerprint density at radius 3 is 2.13 bits per heavy atom. The van der Waals surface area contributed by atoms with E-state index in [9.17, 15) is 25.6 Å². The van der Waals surface area contributed by atoms with Crippen LogP contribution in [0.5, 0.6) is 0 Å². The van der Waals surface area contributed by atoms with Crippen LogP contribution in [0.4, 0.5) is 8.78 Å². The normalized spacial score (nSPS) is 22.6. The molecule has 0 amide bonds. The van der Waals surface area contributed by atoms with E-state index in [0.29, 0.717) is 5.02 Å². The number of benzene rings is 2. The average molecular weight is 491 g/mol. The van der Waals surface area contributed by atoms with Crippen molar-refractivity contribution in [3.05, 3.63) is 64.7 Å². The molecular formula is C22H25ClF2O4S2. The second-order valence-electron chi connectivity index (χ2n) is 8.40. The molecule has 0 saturated heterocycles. The van der Waals surface area contributed by atoms with Crippen molar-refractivity contribution in [1.82, 2.24) is 0 Å². The Hall–Kier alpha value is -1.51. The Morgan fingerprint density at radius 1 is 1.00 bits per heavy atom. The van der Waals surface area contributed by atoms with Gasteiger partial charge in [0.1, 0.15) is 16.4 Å². The zero-order valence-electron chi connectivity index (χ0n) is 17.3. The highest BCUT2D eigenvalue weighted by Gasteiger charge is 2.50. The Kier molecular flexibility index (Phi) is 6.84. The fourth-order valence-electron chi connectivity index (χ4n) is 4.20. The van der Waals surface area contributed by atoms with Gasteiger partial charge in [-0.05, 0) is 87.9 Å². The summed E-state index contributed by atoms with van der Waals surface area (Å²) in [6, 6.07) is 8.39. The van der Waals surface area contributed by atoms with Gasteiger partial charge in [-0.15, -0.1) is 0 Å². The van der Waals surface area contributed by atoms with Gasteiger partial charge in [0.2, 0.25) is 0 Å². The number of hydrogen-bond acceptors (Lipinski definition) is 4. The monoisotopic (exact) mass is 490 g/mol. The first kappa shape index (κ1) is 24.1. The van der Waals surface area contributed by atoms with Gasteiger partial charge in [0.25, 0.3) is 0 Å². The van der Waals surface area contributed by atoms with Gasteiger partial charge in [-0.3, -0.25) is 0 Å². The molecule has 0 heterocycles. The second-order valence-corrected chi connectivity index (χ2v) is 13.7. The van der Waals surface area contributed by atoms with Gasteiger partial charge in [0, 0.05) is 10.6 Å². The minimum absolute atomic E-state index is 0.00336. The van der Waals surface area contributed by atoms with E-state index in [2.05, 4.69) is 0 Å². The van der Waals surface area contributed by atoms with Crippen LogP contribution in [-0.2, 0) is 24.4 Å². The Morgan fingerprint density at radius 2 is 1.58 bits per heavy atom. The van der Waals surface area contributed by atoms with E-state index in [-0.39, 0.29) is 47.8 Å². The molecule has 1 aliphatic carbocycles. The van der Waals surface area contributed by atoms with Gasteiger partial charge in [-0.1, -0.05) is 11.6 Å². The zero-order valence-corrected chi connectivity index (χ0v) is 19.7. The van der Waals surface area contributed by atoms with Crippen LogP contribution in [0.25, 0.3) is 0 Å². The van der Waals surface area contributed by atoms with Crippen LogP contribution in [0.3, 0.4) is 0 Å². The van der Waals surface area contributed by atoms with Crippen molar-refractivity contribution in [2.75, 3.05) is 5.75 Å². The predicted octanol–water partition coefficient (Wildman–Crippen LogP) is 5.30. The van der Waals surface area contributed by atoms with E-state index in [1.165, 1.54) is 24.3 Å². The molecule has 0 atom stereocenters. The molecule has 1 aliphatic rings. The molecule has 170 valence electrons. The molecule has 0 N–H and O–H groups in total. The molecule has 2 aromatic carbocycles. The molecule has 2 aromatic rings. The zero-order chi connectivity index (χ0) is 23.0. The van der Waals surface area contributed by atoms with Crippen molar-refractivity contribution in [2.45, 2.75) is 54.4 Å². The maximum absolute atomic E-state index is 14.8. The molecule has 0 aromatic heterocycles. The van der Waals surface area contributed by atoms with Crippen LogP contribution in [0.2, 0.25) is 5.02 Å². The van der Waals surface area contributed by atoms with Crippen LogP contribution in [-0.4, -0.2) is 27.8 Å². The lowest BCUT2D eigenvalue weighted by atomic mass is 9.78. The third-order valence-corrected chi connectivity index (χ3v) is 11.3. The van der Waals surface area contributed by atoms with Crippen molar-refractivity contribution in [1.29, 1.82) is 0 Å². The SMILES string of the molecule is CC(C)S(=O)(=O)CC1CCC(c2cc(F)ccc2F)(S(=O)(=O)c2ccc(Cl)cc2)CC1. The predicted molar refractivity (Wildman–Crippen MR) is 118 cm³/mol. The highest BCUT2D eigenvalue weighted by molar-refractivity contribution is 7.92. The van der Waals surface area contributed by atoms with E-state index in [0.717, 1.165) is 18.2 Å². The van der Waals surface area contributed by atoms with Crippen molar-refractivity contribution < 1.29 is 25.6 Å². The quantitative estimate of drug-likeness (QED) is 0.551. The van der Waals surface area contributed by atoms with Crippen LogP contribution in [0.1, 0.15) is 45.1 Å². The van der Waals surface area contributed by atoms with Crippen LogP contribution >= 0.6 is 11.6 Å². The standard InChI is InChI=1S/C22H25ClF2O4S2/c1-15(2)30(26,27)14-16-9-11-22(12-10-16,20-13-18(24)5-8-21(20)25)31(28,29)19-6-3-17(23)4-7-19/h3-8,13,15-16H,9-12,14H2,1-2H3. The summed E-state index contributed by atoms with van der Waals surface area (Å²) in [4.78, 5) is -0.0335. The van der Waals surface area contributed by atoms with E-state index >= 15 is 0 Å². The molecule has 0 aliphatic heterocycles. The number of sulfone groups is 2. The highest BCUT2D eigenvalue weighted by Crippen LogP contribution is 2.49. The van der Waals surface area contributed by atoms with Crippen LogP contribution in [0.15, 0.2) is 47.4 Å². The molecule has 0 bridgehead atoms. The lowest BCUT2D eigenvalue weighted by Crippen LogP contribution is -2.42.